The highest BCUT2D eigenvalue weighted by atomic mass is 16.2. The second kappa shape index (κ2) is 6.91. The van der Waals surface area contributed by atoms with Crippen molar-refractivity contribution in [1.29, 1.82) is 0 Å². The molecular formula is C19H28N4O. The van der Waals surface area contributed by atoms with Crippen molar-refractivity contribution in [3.8, 4) is 0 Å². The lowest BCUT2D eigenvalue weighted by Crippen LogP contribution is -2.42. The molecular weight excluding hydrogens is 300 g/mol. The number of rotatable bonds is 4. The van der Waals surface area contributed by atoms with Gasteiger partial charge in [0.25, 0.3) is 0 Å². The Morgan fingerprint density at radius 1 is 1.33 bits per heavy atom. The largest absolute Gasteiger partial charge is 0.342 e. The molecule has 1 fully saturated rings. The second-order valence-electron chi connectivity index (χ2n) is 6.95. The third-order valence-corrected chi connectivity index (χ3v) is 5.38. The van der Waals surface area contributed by atoms with Crippen molar-refractivity contribution in [2.45, 2.75) is 52.4 Å². The van der Waals surface area contributed by atoms with E-state index in [0.29, 0.717) is 11.8 Å². The molecule has 5 heteroatoms. The first-order chi connectivity index (χ1) is 11.5. The summed E-state index contributed by atoms with van der Waals surface area (Å²) in [4.78, 5) is 19.6. The van der Waals surface area contributed by atoms with E-state index in [4.69, 9.17) is 4.98 Å². The molecule has 0 N–H and O–H groups in total. The van der Waals surface area contributed by atoms with Crippen LogP contribution in [0, 0.1) is 12.8 Å². The van der Waals surface area contributed by atoms with E-state index in [0.717, 1.165) is 61.2 Å². The Balaban J connectivity index is 1.82. The van der Waals surface area contributed by atoms with Crippen LogP contribution in [0.2, 0.25) is 0 Å². The molecule has 130 valence electrons. The van der Waals surface area contributed by atoms with Crippen molar-refractivity contribution < 1.29 is 4.79 Å². The second-order valence-corrected chi connectivity index (χ2v) is 6.95. The molecule has 3 heterocycles. The Hall–Kier alpha value is -1.91. The summed E-state index contributed by atoms with van der Waals surface area (Å²) in [5.41, 5.74) is 3.04. The number of amides is 1. The minimum absolute atomic E-state index is 0.166. The Labute approximate surface area is 144 Å². The van der Waals surface area contributed by atoms with E-state index in [1.54, 1.807) is 0 Å². The monoisotopic (exact) mass is 328 g/mol. The van der Waals surface area contributed by atoms with Gasteiger partial charge in [-0.2, -0.15) is 5.10 Å². The van der Waals surface area contributed by atoms with Crippen molar-refractivity contribution in [3.05, 3.63) is 23.5 Å². The van der Waals surface area contributed by atoms with E-state index in [1.165, 1.54) is 0 Å². The molecule has 1 saturated heterocycles. The predicted molar refractivity (Wildman–Crippen MR) is 95.9 cm³/mol. The number of aromatic nitrogens is 3. The molecule has 0 aromatic carbocycles. The maximum atomic E-state index is 12.7. The van der Waals surface area contributed by atoms with E-state index in [2.05, 4.69) is 36.0 Å². The number of hydrogen-bond donors (Lipinski definition) is 0. The molecule has 0 bridgehead atoms. The maximum Gasteiger partial charge on any atom is 0.225 e. The van der Waals surface area contributed by atoms with Gasteiger partial charge in [-0.1, -0.05) is 13.8 Å². The summed E-state index contributed by atoms with van der Waals surface area (Å²) in [6.45, 7) is 7.91. The lowest BCUT2D eigenvalue weighted by Gasteiger charge is -2.34. The van der Waals surface area contributed by atoms with E-state index in [9.17, 15) is 4.79 Å². The van der Waals surface area contributed by atoms with Crippen molar-refractivity contribution in [1.82, 2.24) is 19.7 Å². The number of nitrogens with zero attached hydrogens (tertiary/aromatic N) is 4. The summed E-state index contributed by atoms with van der Waals surface area (Å²) in [6.07, 6.45) is 4.01. The average molecular weight is 328 g/mol. The van der Waals surface area contributed by atoms with E-state index in [-0.39, 0.29) is 5.92 Å². The number of pyridine rings is 1. The molecule has 3 rings (SSSR count). The van der Waals surface area contributed by atoms with Crippen molar-refractivity contribution in [2.75, 3.05) is 13.1 Å². The highest BCUT2D eigenvalue weighted by molar-refractivity contribution is 5.79. The molecule has 1 amide bonds. The number of piperidine rings is 1. The first kappa shape index (κ1) is 16.9. The number of carbonyl (C=O) groups is 1. The van der Waals surface area contributed by atoms with Crippen LogP contribution in [0.1, 0.15) is 56.8 Å². The molecule has 1 aliphatic rings. The van der Waals surface area contributed by atoms with Gasteiger partial charge in [-0.05, 0) is 44.7 Å². The summed E-state index contributed by atoms with van der Waals surface area (Å²) in [6, 6.07) is 4.24. The van der Waals surface area contributed by atoms with Gasteiger partial charge in [0.15, 0.2) is 5.65 Å². The molecule has 1 atom stereocenters. The number of carbonyl (C=O) groups excluding carboxylic acids is 1. The lowest BCUT2D eigenvalue weighted by molar-refractivity contribution is -0.137. The quantitative estimate of drug-likeness (QED) is 0.864. The Kier molecular flexibility index (Phi) is 4.88. The zero-order valence-electron chi connectivity index (χ0n) is 15.2. The van der Waals surface area contributed by atoms with E-state index >= 15 is 0 Å². The minimum Gasteiger partial charge on any atom is -0.342 e. The Morgan fingerprint density at radius 3 is 2.79 bits per heavy atom. The normalized spacial score (nSPS) is 18.5. The van der Waals surface area contributed by atoms with Crippen LogP contribution in [0.5, 0.6) is 0 Å². The predicted octanol–water partition coefficient (Wildman–Crippen LogP) is 3.42. The van der Waals surface area contributed by atoms with Crippen LogP contribution in [0.15, 0.2) is 12.1 Å². The summed E-state index contributed by atoms with van der Waals surface area (Å²) in [5.74, 6) is 0.817. The first-order valence-corrected chi connectivity index (χ1v) is 9.14. The molecule has 2 aromatic heterocycles. The highest BCUT2D eigenvalue weighted by Gasteiger charge is 2.28. The van der Waals surface area contributed by atoms with Gasteiger partial charge in [0.1, 0.15) is 0 Å². The van der Waals surface area contributed by atoms with Crippen molar-refractivity contribution >= 4 is 16.9 Å². The zero-order valence-corrected chi connectivity index (χ0v) is 15.2. The minimum atomic E-state index is 0.166. The summed E-state index contributed by atoms with van der Waals surface area (Å²) in [5, 5.41) is 5.57. The molecule has 0 aliphatic carbocycles. The van der Waals surface area contributed by atoms with Crippen LogP contribution < -0.4 is 0 Å². The van der Waals surface area contributed by atoms with Gasteiger partial charge in [-0.3, -0.25) is 9.48 Å². The van der Waals surface area contributed by atoms with Gasteiger partial charge in [-0.15, -0.1) is 0 Å². The van der Waals surface area contributed by atoms with E-state index in [1.807, 2.05) is 18.7 Å². The van der Waals surface area contributed by atoms with Gasteiger partial charge >= 0.3 is 0 Å². The Morgan fingerprint density at radius 2 is 2.08 bits per heavy atom. The van der Waals surface area contributed by atoms with Crippen LogP contribution in [0.4, 0.5) is 0 Å². The molecule has 0 spiro atoms. The first-order valence-electron chi connectivity index (χ1n) is 9.14. The molecule has 0 radical (unpaired) electrons. The topological polar surface area (TPSA) is 51.0 Å². The Bertz CT molecular complexity index is 732. The smallest absolute Gasteiger partial charge is 0.225 e. The maximum absolute atomic E-state index is 12.7. The zero-order chi connectivity index (χ0) is 17.3. The number of hydrogen-bond acceptors (Lipinski definition) is 3. The lowest BCUT2D eigenvalue weighted by atomic mass is 9.92. The standard InChI is InChI=1S/C19H28N4O/c1-5-14(6-2)19(24)23-11-7-8-15(12-23)17-10-9-16-13(3)21-22(4)18(16)20-17/h9-10,14-15H,5-8,11-12H2,1-4H3. The van der Waals surface area contributed by atoms with Crippen molar-refractivity contribution in [3.63, 3.8) is 0 Å². The molecule has 1 aliphatic heterocycles. The van der Waals surface area contributed by atoms with Gasteiger partial charge < -0.3 is 4.90 Å². The van der Waals surface area contributed by atoms with Crippen molar-refractivity contribution in [2.24, 2.45) is 13.0 Å². The van der Waals surface area contributed by atoms with Crippen LogP contribution in [0.25, 0.3) is 11.0 Å². The van der Waals surface area contributed by atoms with Crippen LogP contribution in [-0.4, -0.2) is 38.7 Å². The molecule has 1 unspecified atom stereocenters. The van der Waals surface area contributed by atoms with Gasteiger partial charge in [0, 0.05) is 43.1 Å². The van der Waals surface area contributed by atoms with Gasteiger partial charge in [0.05, 0.1) is 5.69 Å². The third-order valence-electron chi connectivity index (χ3n) is 5.38. The molecule has 2 aromatic rings. The molecule has 0 saturated carbocycles. The fraction of sp³-hybridized carbons (Fsp3) is 0.632. The molecule has 24 heavy (non-hydrogen) atoms. The summed E-state index contributed by atoms with van der Waals surface area (Å²) in [7, 11) is 1.94. The summed E-state index contributed by atoms with van der Waals surface area (Å²) >= 11 is 0. The third kappa shape index (κ3) is 3.04. The number of aryl methyl sites for hydroxylation is 2. The fourth-order valence-electron chi connectivity index (χ4n) is 3.86. The van der Waals surface area contributed by atoms with Gasteiger partial charge in [0.2, 0.25) is 5.91 Å². The number of fused-ring (bicyclic) bond motifs is 1. The number of likely N-dealkylation sites (tertiary alicyclic amines) is 1. The van der Waals surface area contributed by atoms with Crippen LogP contribution >= 0.6 is 0 Å². The SMILES string of the molecule is CCC(CC)C(=O)N1CCCC(c2ccc3c(C)nn(C)c3n2)C1. The summed E-state index contributed by atoms with van der Waals surface area (Å²) < 4.78 is 1.85. The van der Waals surface area contributed by atoms with E-state index < -0.39 is 0 Å². The fourth-order valence-corrected chi connectivity index (χ4v) is 3.86. The average Bonchev–Trinajstić information content (AvgIpc) is 2.90. The van der Waals surface area contributed by atoms with Crippen LogP contribution in [0.3, 0.4) is 0 Å². The van der Waals surface area contributed by atoms with Crippen LogP contribution in [-0.2, 0) is 11.8 Å². The highest BCUT2D eigenvalue weighted by Crippen LogP contribution is 2.29. The molecule has 5 nitrogen and oxygen atoms in total. The van der Waals surface area contributed by atoms with Gasteiger partial charge in [-0.25, -0.2) is 4.98 Å².